The highest BCUT2D eigenvalue weighted by Crippen LogP contribution is 2.29. The monoisotopic (exact) mass is 199 g/mol. The van der Waals surface area contributed by atoms with Gasteiger partial charge in [-0.3, -0.25) is 0 Å². The van der Waals surface area contributed by atoms with Crippen LogP contribution >= 0.6 is 0 Å². The fourth-order valence-corrected chi connectivity index (χ4v) is 2.03. The Labute approximate surface area is 88.9 Å². The fraction of sp³-hybridized carbons (Fsp3) is 0.231. The quantitative estimate of drug-likeness (QED) is 0.750. The number of nitrogens with one attached hydrogen (secondary N) is 1. The number of hydrogen-bond acceptors (Lipinski definition) is 1. The van der Waals surface area contributed by atoms with Gasteiger partial charge in [0.15, 0.2) is 0 Å². The number of benzene rings is 1. The number of ether oxygens (including phenoxy) is 1. The topological polar surface area (TPSA) is 25.0 Å². The van der Waals surface area contributed by atoms with Crippen molar-refractivity contribution in [3.05, 3.63) is 41.6 Å². The second kappa shape index (κ2) is 3.16. The molecule has 0 saturated carbocycles. The molecule has 1 aliphatic rings. The molecule has 0 radical (unpaired) electrons. The van der Waals surface area contributed by atoms with Crippen LogP contribution in [-0.4, -0.2) is 11.6 Å². The Hall–Kier alpha value is -1.70. The van der Waals surface area contributed by atoms with E-state index < -0.39 is 0 Å². The Bertz CT molecular complexity index is 499. The summed E-state index contributed by atoms with van der Waals surface area (Å²) in [5, 5.41) is 0. The van der Waals surface area contributed by atoms with Crippen LogP contribution in [0.3, 0.4) is 0 Å². The van der Waals surface area contributed by atoms with Crippen molar-refractivity contribution in [2.75, 3.05) is 6.61 Å². The van der Waals surface area contributed by atoms with Crippen molar-refractivity contribution in [3.8, 4) is 17.0 Å². The molecule has 0 amide bonds. The van der Waals surface area contributed by atoms with E-state index in [-0.39, 0.29) is 0 Å². The number of aromatic amines is 1. The predicted molar refractivity (Wildman–Crippen MR) is 60.2 cm³/mol. The highest BCUT2D eigenvalue weighted by molar-refractivity contribution is 5.63. The number of hydrogen-bond donors (Lipinski definition) is 1. The zero-order valence-corrected chi connectivity index (χ0v) is 8.71. The first kappa shape index (κ1) is 8.60. The van der Waals surface area contributed by atoms with Gasteiger partial charge in [-0.2, -0.15) is 0 Å². The molecule has 0 aliphatic carbocycles. The van der Waals surface area contributed by atoms with Crippen molar-refractivity contribution in [1.29, 1.82) is 0 Å². The van der Waals surface area contributed by atoms with Gasteiger partial charge in [0.1, 0.15) is 5.75 Å². The molecule has 0 bridgehead atoms. The largest absolute Gasteiger partial charge is 0.493 e. The van der Waals surface area contributed by atoms with Gasteiger partial charge in [-0.25, -0.2) is 0 Å². The Kier molecular flexibility index (Phi) is 1.81. The van der Waals surface area contributed by atoms with E-state index in [1.165, 1.54) is 22.5 Å². The summed E-state index contributed by atoms with van der Waals surface area (Å²) in [4.78, 5) is 3.34. The molecule has 2 nitrogen and oxygen atoms in total. The van der Waals surface area contributed by atoms with Gasteiger partial charge in [-0.05, 0) is 48.4 Å². The van der Waals surface area contributed by atoms with Crippen molar-refractivity contribution in [1.82, 2.24) is 4.98 Å². The SMILES string of the molecule is Cc1ccc(-c2ccc3c(c2)CCO3)[nH]1. The predicted octanol–water partition coefficient (Wildman–Crippen LogP) is 2.93. The van der Waals surface area contributed by atoms with Crippen LogP contribution in [0.25, 0.3) is 11.3 Å². The summed E-state index contributed by atoms with van der Waals surface area (Å²) in [6.07, 6.45) is 1.03. The summed E-state index contributed by atoms with van der Waals surface area (Å²) in [6.45, 7) is 2.89. The molecular weight excluding hydrogens is 186 g/mol. The third-order valence-electron chi connectivity index (χ3n) is 2.83. The van der Waals surface area contributed by atoms with Crippen molar-refractivity contribution in [3.63, 3.8) is 0 Å². The third-order valence-corrected chi connectivity index (χ3v) is 2.83. The lowest BCUT2D eigenvalue weighted by molar-refractivity contribution is 0.357. The molecule has 0 unspecified atom stereocenters. The minimum absolute atomic E-state index is 0.822. The summed E-state index contributed by atoms with van der Waals surface area (Å²) in [7, 11) is 0. The number of aryl methyl sites for hydroxylation is 1. The molecule has 0 fully saturated rings. The van der Waals surface area contributed by atoms with Crippen LogP contribution in [0.4, 0.5) is 0 Å². The molecule has 3 rings (SSSR count). The zero-order valence-electron chi connectivity index (χ0n) is 8.71. The maximum Gasteiger partial charge on any atom is 0.122 e. The van der Waals surface area contributed by atoms with Crippen LogP contribution in [0.15, 0.2) is 30.3 Å². The van der Waals surface area contributed by atoms with E-state index in [9.17, 15) is 0 Å². The summed E-state index contributed by atoms with van der Waals surface area (Å²) in [5.74, 6) is 1.04. The third kappa shape index (κ3) is 1.42. The molecule has 1 aliphatic heterocycles. The zero-order chi connectivity index (χ0) is 10.3. The molecule has 0 atom stereocenters. The van der Waals surface area contributed by atoms with E-state index in [0.717, 1.165) is 18.8 Å². The van der Waals surface area contributed by atoms with Crippen LogP contribution in [-0.2, 0) is 6.42 Å². The molecule has 15 heavy (non-hydrogen) atoms. The molecule has 1 N–H and O–H groups in total. The van der Waals surface area contributed by atoms with Crippen LogP contribution in [0.1, 0.15) is 11.3 Å². The second-order valence-corrected chi connectivity index (χ2v) is 3.98. The summed E-state index contributed by atoms with van der Waals surface area (Å²) >= 11 is 0. The summed E-state index contributed by atoms with van der Waals surface area (Å²) in [6, 6.07) is 10.6. The number of fused-ring (bicyclic) bond motifs is 1. The van der Waals surface area contributed by atoms with Gasteiger partial charge >= 0.3 is 0 Å². The van der Waals surface area contributed by atoms with E-state index in [1.807, 2.05) is 0 Å². The molecule has 2 aromatic rings. The minimum Gasteiger partial charge on any atom is -0.493 e. The minimum atomic E-state index is 0.822. The van der Waals surface area contributed by atoms with Crippen molar-refractivity contribution < 1.29 is 4.74 Å². The highest BCUT2D eigenvalue weighted by atomic mass is 16.5. The molecular formula is C13H13NO. The molecule has 2 heterocycles. The lowest BCUT2D eigenvalue weighted by atomic mass is 10.1. The average Bonchev–Trinajstić information content (AvgIpc) is 2.84. The number of rotatable bonds is 1. The fourth-order valence-electron chi connectivity index (χ4n) is 2.03. The molecule has 76 valence electrons. The Morgan fingerprint density at radius 1 is 1.20 bits per heavy atom. The summed E-state index contributed by atoms with van der Waals surface area (Å²) < 4.78 is 5.48. The molecule has 0 spiro atoms. The van der Waals surface area contributed by atoms with Gasteiger partial charge in [-0.1, -0.05) is 0 Å². The van der Waals surface area contributed by atoms with Gasteiger partial charge in [0.05, 0.1) is 6.61 Å². The van der Waals surface area contributed by atoms with Crippen molar-refractivity contribution >= 4 is 0 Å². The summed E-state index contributed by atoms with van der Waals surface area (Å²) in [5.41, 5.74) is 4.94. The smallest absolute Gasteiger partial charge is 0.122 e. The van der Waals surface area contributed by atoms with Gasteiger partial charge < -0.3 is 9.72 Å². The molecule has 1 aromatic heterocycles. The highest BCUT2D eigenvalue weighted by Gasteiger charge is 2.12. The average molecular weight is 199 g/mol. The molecule has 2 heteroatoms. The Morgan fingerprint density at radius 2 is 2.13 bits per heavy atom. The van der Waals surface area contributed by atoms with E-state index in [2.05, 4.69) is 42.2 Å². The normalized spacial score (nSPS) is 13.7. The van der Waals surface area contributed by atoms with E-state index in [1.54, 1.807) is 0 Å². The van der Waals surface area contributed by atoms with Gasteiger partial charge in [0.2, 0.25) is 0 Å². The standard InChI is InChI=1S/C13H13NO/c1-9-2-4-12(14-9)10-3-5-13-11(8-10)6-7-15-13/h2-5,8,14H,6-7H2,1H3. The van der Waals surface area contributed by atoms with Crippen LogP contribution in [0.5, 0.6) is 5.75 Å². The Morgan fingerprint density at radius 3 is 2.93 bits per heavy atom. The molecule has 0 saturated heterocycles. The first-order valence-corrected chi connectivity index (χ1v) is 5.25. The van der Waals surface area contributed by atoms with Crippen LogP contribution in [0.2, 0.25) is 0 Å². The number of H-pyrrole nitrogens is 1. The van der Waals surface area contributed by atoms with E-state index in [4.69, 9.17) is 4.74 Å². The van der Waals surface area contributed by atoms with E-state index in [0.29, 0.717) is 0 Å². The van der Waals surface area contributed by atoms with Gasteiger partial charge in [-0.15, -0.1) is 0 Å². The van der Waals surface area contributed by atoms with Gasteiger partial charge in [0.25, 0.3) is 0 Å². The van der Waals surface area contributed by atoms with E-state index >= 15 is 0 Å². The van der Waals surface area contributed by atoms with Crippen molar-refractivity contribution in [2.45, 2.75) is 13.3 Å². The lowest BCUT2D eigenvalue weighted by Crippen LogP contribution is -1.85. The van der Waals surface area contributed by atoms with Crippen LogP contribution in [0, 0.1) is 6.92 Å². The number of aromatic nitrogens is 1. The van der Waals surface area contributed by atoms with Crippen LogP contribution < -0.4 is 4.74 Å². The first-order chi connectivity index (χ1) is 7.33. The van der Waals surface area contributed by atoms with Crippen molar-refractivity contribution in [2.24, 2.45) is 0 Å². The maximum atomic E-state index is 5.48. The van der Waals surface area contributed by atoms with Gasteiger partial charge in [0, 0.05) is 17.8 Å². The maximum absolute atomic E-state index is 5.48. The Balaban J connectivity index is 2.06. The molecule has 1 aromatic carbocycles. The second-order valence-electron chi connectivity index (χ2n) is 3.98. The lowest BCUT2D eigenvalue weighted by Gasteiger charge is -2.02. The first-order valence-electron chi connectivity index (χ1n) is 5.25.